The molecular formula is C14H24N5O2+. The molecule has 2 rings (SSSR count). The summed E-state index contributed by atoms with van der Waals surface area (Å²) in [6, 6.07) is 0. The van der Waals surface area contributed by atoms with Gasteiger partial charge in [0, 0.05) is 27.1 Å². The topological polar surface area (TPSA) is 61.8 Å². The highest BCUT2D eigenvalue weighted by Gasteiger charge is 2.15. The van der Waals surface area contributed by atoms with Crippen molar-refractivity contribution in [2.45, 2.75) is 19.9 Å². The Kier molecular flexibility index (Phi) is 4.04. The minimum absolute atomic E-state index is 0.283. The SMILES string of the molecule is CC[N+](C)(C)CCCn1cnc2c1c(=O)n(C)c(=O)n2C. The molecule has 0 aliphatic rings. The lowest BCUT2D eigenvalue weighted by Gasteiger charge is -2.28. The van der Waals surface area contributed by atoms with Crippen molar-refractivity contribution in [3.63, 3.8) is 0 Å². The minimum Gasteiger partial charge on any atom is -0.329 e. The fourth-order valence-electron chi connectivity index (χ4n) is 2.39. The summed E-state index contributed by atoms with van der Waals surface area (Å²) < 4.78 is 5.35. The second-order valence-corrected chi connectivity index (χ2v) is 6.15. The number of imidazole rings is 1. The van der Waals surface area contributed by atoms with Gasteiger partial charge in [0.1, 0.15) is 0 Å². The highest BCUT2D eigenvalue weighted by atomic mass is 16.2. The zero-order valence-electron chi connectivity index (χ0n) is 13.5. The molecule has 7 nitrogen and oxygen atoms in total. The minimum atomic E-state index is -0.346. The first-order valence-corrected chi connectivity index (χ1v) is 7.21. The molecule has 0 atom stereocenters. The fraction of sp³-hybridized carbons (Fsp3) is 0.643. The van der Waals surface area contributed by atoms with Crippen molar-refractivity contribution in [1.29, 1.82) is 0 Å². The van der Waals surface area contributed by atoms with Gasteiger partial charge in [-0.05, 0) is 6.92 Å². The Labute approximate surface area is 123 Å². The van der Waals surface area contributed by atoms with E-state index in [0.717, 1.165) is 35.1 Å². The van der Waals surface area contributed by atoms with Crippen LogP contribution in [-0.4, -0.2) is 50.4 Å². The molecule has 0 radical (unpaired) electrons. The van der Waals surface area contributed by atoms with Crippen LogP contribution in [0.25, 0.3) is 11.2 Å². The third kappa shape index (κ3) is 2.78. The number of rotatable bonds is 5. The molecule has 0 spiro atoms. The van der Waals surface area contributed by atoms with Crippen molar-refractivity contribution < 1.29 is 4.48 Å². The van der Waals surface area contributed by atoms with Crippen LogP contribution in [0.2, 0.25) is 0 Å². The van der Waals surface area contributed by atoms with Crippen molar-refractivity contribution in [2.75, 3.05) is 27.2 Å². The van der Waals surface area contributed by atoms with E-state index in [0.29, 0.717) is 11.2 Å². The van der Waals surface area contributed by atoms with Crippen LogP contribution >= 0.6 is 0 Å². The predicted molar refractivity (Wildman–Crippen MR) is 82.3 cm³/mol. The number of quaternary nitrogens is 1. The van der Waals surface area contributed by atoms with Gasteiger partial charge < -0.3 is 9.05 Å². The number of nitrogens with zero attached hydrogens (tertiary/aromatic N) is 5. The van der Waals surface area contributed by atoms with Crippen molar-refractivity contribution >= 4 is 11.2 Å². The number of aromatic nitrogens is 4. The van der Waals surface area contributed by atoms with E-state index in [1.54, 1.807) is 13.4 Å². The molecule has 0 saturated carbocycles. The van der Waals surface area contributed by atoms with Crippen molar-refractivity contribution in [3.8, 4) is 0 Å². The summed E-state index contributed by atoms with van der Waals surface area (Å²) in [7, 11) is 7.51. The summed E-state index contributed by atoms with van der Waals surface area (Å²) in [5, 5.41) is 0. The predicted octanol–water partition coefficient (Wildman–Crippen LogP) is -0.0799. The van der Waals surface area contributed by atoms with E-state index < -0.39 is 0 Å². The van der Waals surface area contributed by atoms with Gasteiger partial charge in [-0.2, -0.15) is 0 Å². The molecule has 0 aliphatic carbocycles. The molecule has 0 fully saturated rings. The Hall–Kier alpha value is -1.89. The normalized spacial score (nSPS) is 12.2. The molecular weight excluding hydrogens is 270 g/mol. The number of hydrogen-bond donors (Lipinski definition) is 0. The van der Waals surface area contributed by atoms with Gasteiger partial charge in [0.05, 0.1) is 33.5 Å². The molecule has 2 aromatic rings. The Balaban J connectivity index is 2.35. The molecule has 0 bridgehead atoms. The Bertz CT molecular complexity index is 766. The lowest BCUT2D eigenvalue weighted by Crippen LogP contribution is -2.40. The number of fused-ring (bicyclic) bond motifs is 1. The standard InChI is InChI=1S/C14H24N5O2/c1-6-19(4,5)9-7-8-18-10-15-12-11(18)13(20)17(3)14(21)16(12)2/h10H,6-9H2,1-5H3/q+1. The van der Waals surface area contributed by atoms with Crippen LogP contribution < -0.4 is 11.2 Å². The van der Waals surface area contributed by atoms with Crippen LogP contribution in [-0.2, 0) is 20.6 Å². The zero-order chi connectivity index (χ0) is 15.8. The molecule has 7 heteroatoms. The molecule has 116 valence electrons. The summed E-state index contributed by atoms with van der Waals surface area (Å²) in [6.45, 7) is 4.99. The Morgan fingerprint density at radius 2 is 1.86 bits per heavy atom. The molecule has 0 aliphatic heterocycles. The second-order valence-electron chi connectivity index (χ2n) is 6.15. The molecule has 2 aromatic heterocycles. The van der Waals surface area contributed by atoms with Gasteiger partial charge in [0.2, 0.25) is 0 Å². The van der Waals surface area contributed by atoms with E-state index in [1.165, 1.54) is 11.6 Å². The van der Waals surface area contributed by atoms with E-state index >= 15 is 0 Å². The maximum absolute atomic E-state index is 12.3. The zero-order valence-corrected chi connectivity index (χ0v) is 13.5. The maximum atomic E-state index is 12.3. The van der Waals surface area contributed by atoms with E-state index in [4.69, 9.17) is 0 Å². The van der Waals surface area contributed by atoms with Crippen LogP contribution in [0, 0.1) is 0 Å². The summed E-state index contributed by atoms with van der Waals surface area (Å²) >= 11 is 0. The van der Waals surface area contributed by atoms with Crippen LogP contribution in [0.3, 0.4) is 0 Å². The molecule has 0 saturated heterocycles. The molecule has 0 unspecified atom stereocenters. The number of aryl methyl sites for hydroxylation is 2. The highest BCUT2D eigenvalue weighted by Crippen LogP contribution is 2.07. The first-order valence-electron chi connectivity index (χ1n) is 7.21. The summed E-state index contributed by atoms with van der Waals surface area (Å²) in [5.74, 6) is 0. The first kappa shape index (κ1) is 15.5. The van der Waals surface area contributed by atoms with Gasteiger partial charge in [-0.1, -0.05) is 0 Å². The van der Waals surface area contributed by atoms with Gasteiger partial charge in [0.25, 0.3) is 5.56 Å². The lowest BCUT2D eigenvalue weighted by molar-refractivity contribution is -0.888. The van der Waals surface area contributed by atoms with Gasteiger partial charge in [0.15, 0.2) is 11.2 Å². The molecule has 0 amide bonds. The van der Waals surface area contributed by atoms with Crippen LogP contribution in [0.5, 0.6) is 0 Å². The molecule has 2 heterocycles. The van der Waals surface area contributed by atoms with Crippen LogP contribution in [0.4, 0.5) is 0 Å². The molecule has 0 aromatic carbocycles. The third-order valence-corrected chi connectivity index (χ3v) is 4.24. The second kappa shape index (κ2) is 5.48. The van der Waals surface area contributed by atoms with Crippen molar-refractivity contribution in [1.82, 2.24) is 18.7 Å². The van der Waals surface area contributed by atoms with E-state index in [-0.39, 0.29) is 11.2 Å². The highest BCUT2D eigenvalue weighted by molar-refractivity contribution is 5.69. The van der Waals surface area contributed by atoms with E-state index in [9.17, 15) is 9.59 Å². The fourth-order valence-corrected chi connectivity index (χ4v) is 2.39. The Morgan fingerprint density at radius 3 is 2.48 bits per heavy atom. The molecule has 0 N–H and O–H groups in total. The summed E-state index contributed by atoms with van der Waals surface area (Å²) in [6.07, 6.45) is 2.61. The van der Waals surface area contributed by atoms with Gasteiger partial charge in [-0.25, -0.2) is 9.78 Å². The lowest BCUT2D eigenvalue weighted by atomic mass is 10.3. The average molecular weight is 294 g/mol. The summed E-state index contributed by atoms with van der Waals surface area (Å²) in [4.78, 5) is 28.4. The van der Waals surface area contributed by atoms with Crippen LogP contribution in [0.1, 0.15) is 13.3 Å². The van der Waals surface area contributed by atoms with Gasteiger partial charge >= 0.3 is 5.69 Å². The largest absolute Gasteiger partial charge is 0.332 e. The third-order valence-electron chi connectivity index (χ3n) is 4.24. The molecule has 21 heavy (non-hydrogen) atoms. The number of hydrogen-bond acceptors (Lipinski definition) is 3. The van der Waals surface area contributed by atoms with Gasteiger partial charge in [-0.15, -0.1) is 0 Å². The van der Waals surface area contributed by atoms with Gasteiger partial charge in [-0.3, -0.25) is 13.9 Å². The van der Waals surface area contributed by atoms with E-state index in [1.807, 2.05) is 4.57 Å². The summed E-state index contributed by atoms with van der Waals surface area (Å²) in [5.41, 5.74) is 0.324. The van der Waals surface area contributed by atoms with Crippen molar-refractivity contribution in [2.24, 2.45) is 14.1 Å². The quantitative estimate of drug-likeness (QED) is 0.725. The maximum Gasteiger partial charge on any atom is 0.332 e. The van der Waals surface area contributed by atoms with Crippen molar-refractivity contribution in [3.05, 3.63) is 27.2 Å². The Morgan fingerprint density at radius 1 is 1.19 bits per heavy atom. The average Bonchev–Trinajstić information content (AvgIpc) is 2.86. The smallest absolute Gasteiger partial charge is 0.329 e. The van der Waals surface area contributed by atoms with E-state index in [2.05, 4.69) is 26.0 Å². The first-order chi connectivity index (χ1) is 9.78. The monoisotopic (exact) mass is 294 g/mol. The van der Waals surface area contributed by atoms with Crippen LogP contribution in [0.15, 0.2) is 15.9 Å².